The van der Waals surface area contributed by atoms with E-state index < -0.39 is 6.04 Å². The normalized spacial score (nSPS) is 24.2. The molecule has 4 rings (SSSR count). The largest absolute Gasteiger partial charge is 0.497 e. The molecule has 2 amide bonds. The van der Waals surface area contributed by atoms with E-state index in [1.807, 2.05) is 24.3 Å². The molecule has 2 aliphatic heterocycles. The molecule has 3 fully saturated rings. The number of ether oxygens (including phenoxy) is 2. The summed E-state index contributed by atoms with van der Waals surface area (Å²) in [4.78, 5) is 30.2. The number of nitrogens with one attached hydrogen (secondary N) is 2. The highest BCUT2D eigenvalue weighted by Gasteiger charge is 2.40. The van der Waals surface area contributed by atoms with Crippen LogP contribution in [-0.2, 0) is 20.9 Å². The summed E-state index contributed by atoms with van der Waals surface area (Å²) in [6.07, 6.45) is 4.80. The molecule has 2 saturated heterocycles. The zero-order valence-electron chi connectivity index (χ0n) is 19.1. The van der Waals surface area contributed by atoms with Crippen molar-refractivity contribution in [2.24, 2.45) is 0 Å². The van der Waals surface area contributed by atoms with E-state index in [4.69, 9.17) is 9.47 Å². The van der Waals surface area contributed by atoms with E-state index in [0.717, 1.165) is 57.0 Å². The second-order valence-electron chi connectivity index (χ2n) is 9.14. The number of hydrogen-bond acceptors (Lipinski definition) is 6. The van der Waals surface area contributed by atoms with Gasteiger partial charge in [0.15, 0.2) is 0 Å². The number of carbonyl (C=O) groups excluding carboxylic acids is 2. The van der Waals surface area contributed by atoms with Crippen LogP contribution in [0.1, 0.15) is 37.7 Å². The third-order valence-electron chi connectivity index (χ3n) is 7.17. The summed E-state index contributed by atoms with van der Waals surface area (Å²) < 4.78 is 10.9. The number of rotatable bonds is 8. The summed E-state index contributed by atoms with van der Waals surface area (Å²) in [6.45, 7) is 5.95. The fourth-order valence-corrected chi connectivity index (χ4v) is 5.37. The molecule has 0 aromatic heterocycles. The Balaban J connectivity index is 1.36. The minimum absolute atomic E-state index is 0.0363. The van der Waals surface area contributed by atoms with Crippen LogP contribution in [0.15, 0.2) is 24.3 Å². The van der Waals surface area contributed by atoms with E-state index in [1.54, 1.807) is 7.11 Å². The van der Waals surface area contributed by atoms with E-state index in [1.165, 1.54) is 12.8 Å². The first-order valence-corrected chi connectivity index (χ1v) is 11.8. The molecule has 1 saturated carbocycles. The predicted octanol–water partition coefficient (Wildman–Crippen LogP) is 1.15. The number of carbonyl (C=O) groups is 2. The molecule has 3 aliphatic rings. The molecular formula is C24H36N4O4. The van der Waals surface area contributed by atoms with Crippen LogP contribution in [0.2, 0.25) is 0 Å². The van der Waals surface area contributed by atoms with Gasteiger partial charge in [-0.3, -0.25) is 19.4 Å². The first-order valence-electron chi connectivity index (χ1n) is 11.8. The summed E-state index contributed by atoms with van der Waals surface area (Å²) in [7, 11) is 1.65. The van der Waals surface area contributed by atoms with Crippen LogP contribution in [0.3, 0.4) is 0 Å². The molecular weight excluding hydrogens is 408 g/mol. The number of piperazine rings is 1. The Labute approximate surface area is 190 Å². The lowest BCUT2D eigenvalue weighted by Gasteiger charge is -2.43. The number of benzene rings is 1. The molecule has 0 radical (unpaired) electrons. The molecule has 0 spiro atoms. The summed E-state index contributed by atoms with van der Waals surface area (Å²) in [5.74, 6) is 0.670. The first-order chi connectivity index (χ1) is 15.6. The van der Waals surface area contributed by atoms with E-state index in [-0.39, 0.29) is 23.8 Å². The Morgan fingerprint density at radius 1 is 1.25 bits per heavy atom. The first kappa shape index (κ1) is 23.0. The van der Waals surface area contributed by atoms with Crippen molar-refractivity contribution in [3.05, 3.63) is 29.8 Å². The summed E-state index contributed by atoms with van der Waals surface area (Å²) in [5, 5.41) is 6.11. The predicted molar refractivity (Wildman–Crippen MR) is 121 cm³/mol. The van der Waals surface area contributed by atoms with Gasteiger partial charge in [-0.15, -0.1) is 0 Å². The van der Waals surface area contributed by atoms with E-state index >= 15 is 0 Å². The topological polar surface area (TPSA) is 83.1 Å². The summed E-state index contributed by atoms with van der Waals surface area (Å²) in [6, 6.07) is 7.41. The van der Waals surface area contributed by atoms with Crippen molar-refractivity contribution in [1.82, 2.24) is 20.4 Å². The van der Waals surface area contributed by atoms with Crippen LogP contribution in [0.25, 0.3) is 0 Å². The Bertz CT molecular complexity index is 790. The van der Waals surface area contributed by atoms with Crippen LogP contribution >= 0.6 is 0 Å². The molecule has 1 aliphatic carbocycles. The van der Waals surface area contributed by atoms with Crippen molar-refractivity contribution in [1.29, 1.82) is 0 Å². The van der Waals surface area contributed by atoms with E-state index in [0.29, 0.717) is 19.6 Å². The number of nitrogens with zero attached hydrogens (tertiary/aromatic N) is 2. The van der Waals surface area contributed by atoms with Gasteiger partial charge in [0, 0.05) is 44.8 Å². The third-order valence-corrected chi connectivity index (χ3v) is 7.17. The Morgan fingerprint density at radius 2 is 2.03 bits per heavy atom. The lowest BCUT2D eigenvalue weighted by Crippen LogP contribution is -2.59. The van der Waals surface area contributed by atoms with Gasteiger partial charge in [0.2, 0.25) is 11.8 Å². The third kappa shape index (κ3) is 5.42. The highest BCUT2D eigenvalue weighted by Crippen LogP contribution is 2.35. The monoisotopic (exact) mass is 444 g/mol. The van der Waals surface area contributed by atoms with Crippen LogP contribution in [0.4, 0.5) is 0 Å². The fraction of sp³-hybridized carbons (Fsp3) is 0.667. The standard InChI is InChI=1S/C24H36N4O4/c1-31-20-6-4-5-19(15-20)17-27-10-9-25-23(30)21(27)16-22(29)26-18-24(7-2-3-8-24)28-11-13-32-14-12-28/h4-6,15,21H,2-3,7-14,16-18H2,1H3,(H,25,30)(H,26,29). The molecule has 1 unspecified atom stereocenters. The molecule has 8 heteroatoms. The van der Waals surface area contributed by atoms with Crippen LogP contribution < -0.4 is 15.4 Å². The van der Waals surface area contributed by atoms with Gasteiger partial charge in [-0.25, -0.2) is 0 Å². The van der Waals surface area contributed by atoms with Gasteiger partial charge in [0.1, 0.15) is 5.75 Å². The quantitative estimate of drug-likeness (QED) is 0.626. The Morgan fingerprint density at radius 3 is 2.78 bits per heavy atom. The molecule has 1 aromatic carbocycles. The van der Waals surface area contributed by atoms with Gasteiger partial charge in [0.05, 0.1) is 32.8 Å². The van der Waals surface area contributed by atoms with Gasteiger partial charge in [-0.1, -0.05) is 25.0 Å². The second-order valence-corrected chi connectivity index (χ2v) is 9.14. The van der Waals surface area contributed by atoms with Crippen molar-refractivity contribution < 1.29 is 19.1 Å². The molecule has 8 nitrogen and oxygen atoms in total. The number of hydrogen-bond donors (Lipinski definition) is 2. The molecule has 1 aromatic rings. The number of morpholine rings is 1. The van der Waals surface area contributed by atoms with Crippen molar-refractivity contribution in [2.45, 2.75) is 50.2 Å². The number of methoxy groups -OCH3 is 1. The summed E-state index contributed by atoms with van der Waals surface area (Å²) >= 11 is 0. The molecule has 176 valence electrons. The lowest BCUT2D eigenvalue weighted by molar-refractivity contribution is -0.134. The highest BCUT2D eigenvalue weighted by atomic mass is 16.5. The molecule has 32 heavy (non-hydrogen) atoms. The molecule has 1 atom stereocenters. The van der Waals surface area contributed by atoms with Crippen molar-refractivity contribution in [2.75, 3.05) is 53.0 Å². The zero-order chi connectivity index (χ0) is 22.4. The fourth-order valence-electron chi connectivity index (χ4n) is 5.37. The maximum atomic E-state index is 13.0. The Hall–Kier alpha value is -2.16. The van der Waals surface area contributed by atoms with E-state index in [2.05, 4.69) is 20.4 Å². The average Bonchev–Trinajstić information content (AvgIpc) is 3.31. The van der Waals surface area contributed by atoms with Gasteiger partial charge in [-0.2, -0.15) is 0 Å². The number of amides is 2. The van der Waals surface area contributed by atoms with Crippen LogP contribution in [-0.4, -0.2) is 86.2 Å². The highest BCUT2D eigenvalue weighted by molar-refractivity contribution is 5.88. The zero-order valence-corrected chi connectivity index (χ0v) is 19.1. The van der Waals surface area contributed by atoms with Crippen molar-refractivity contribution in [3.8, 4) is 5.75 Å². The lowest BCUT2D eigenvalue weighted by atomic mass is 9.94. The van der Waals surface area contributed by atoms with Crippen LogP contribution in [0, 0.1) is 0 Å². The second kappa shape index (κ2) is 10.6. The van der Waals surface area contributed by atoms with E-state index in [9.17, 15) is 9.59 Å². The van der Waals surface area contributed by atoms with Crippen molar-refractivity contribution >= 4 is 11.8 Å². The van der Waals surface area contributed by atoms with Gasteiger partial charge in [0.25, 0.3) is 0 Å². The average molecular weight is 445 g/mol. The summed E-state index contributed by atoms with van der Waals surface area (Å²) in [5.41, 5.74) is 1.11. The van der Waals surface area contributed by atoms with Crippen molar-refractivity contribution in [3.63, 3.8) is 0 Å². The minimum Gasteiger partial charge on any atom is -0.497 e. The van der Waals surface area contributed by atoms with Gasteiger partial charge >= 0.3 is 0 Å². The minimum atomic E-state index is -0.460. The van der Waals surface area contributed by atoms with Gasteiger partial charge < -0.3 is 20.1 Å². The molecule has 2 heterocycles. The Kier molecular flexibility index (Phi) is 7.65. The maximum Gasteiger partial charge on any atom is 0.237 e. The maximum absolute atomic E-state index is 13.0. The molecule has 2 N–H and O–H groups in total. The SMILES string of the molecule is COc1cccc(CN2CCNC(=O)C2CC(=O)NCC2(N3CCOCC3)CCCC2)c1. The van der Waals surface area contributed by atoms with Crippen LogP contribution in [0.5, 0.6) is 5.75 Å². The smallest absolute Gasteiger partial charge is 0.237 e. The van der Waals surface area contributed by atoms with Gasteiger partial charge in [-0.05, 0) is 30.5 Å². The molecule has 0 bridgehead atoms.